The molecule has 2 nitrogen and oxygen atoms in total. The average molecular weight is 493 g/mol. The maximum atomic E-state index is 8.23. The van der Waals surface area contributed by atoms with Crippen molar-refractivity contribution < 1.29 is 11.3 Å². The van der Waals surface area contributed by atoms with Gasteiger partial charge in [0.1, 0.15) is 11.2 Å². The van der Waals surface area contributed by atoms with Gasteiger partial charge < -0.3 is 9.73 Å². The first kappa shape index (κ1) is 17.4. The van der Waals surface area contributed by atoms with Gasteiger partial charge in [-0.25, -0.2) is 0 Å². The monoisotopic (exact) mass is 492 g/mol. The Hall–Kier alpha value is -5.08. The van der Waals surface area contributed by atoms with Crippen molar-refractivity contribution in [2.75, 3.05) is 5.32 Å². The summed E-state index contributed by atoms with van der Waals surface area (Å²) >= 11 is 0. The van der Waals surface area contributed by atoms with E-state index in [4.69, 9.17) is 11.3 Å². The molecular formula is C36H25NO. The standard InChI is InChI=1S/C36H25NO/c1-2-7-25(8-3-1)26-13-15-27(16-14-26)28-17-21-30(22-18-28)37-31-23-19-29(20-24-31)32-10-6-11-34-33-9-4-5-12-35(33)38-36(32)34/h1-24,37H/i1D,2D,3D,7D,8D. The Morgan fingerprint density at radius 3 is 1.71 bits per heavy atom. The molecule has 0 atom stereocenters. The third kappa shape index (κ3) is 4.12. The summed E-state index contributed by atoms with van der Waals surface area (Å²) in [7, 11) is 0. The maximum Gasteiger partial charge on any atom is 0.143 e. The molecule has 0 radical (unpaired) electrons. The smallest absolute Gasteiger partial charge is 0.143 e. The van der Waals surface area contributed by atoms with Crippen LogP contribution in [0.25, 0.3) is 55.3 Å². The van der Waals surface area contributed by atoms with Crippen LogP contribution in [0, 0.1) is 0 Å². The van der Waals surface area contributed by atoms with Crippen molar-refractivity contribution in [3.05, 3.63) is 145 Å². The van der Waals surface area contributed by atoms with Crippen molar-refractivity contribution in [3.8, 4) is 33.4 Å². The lowest BCUT2D eigenvalue weighted by molar-refractivity contribution is 0.670. The van der Waals surface area contributed by atoms with Crippen LogP contribution in [0.15, 0.2) is 150 Å². The van der Waals surface area contributed by atoms with Crippen LogP contribution in [0.4, 0.5) is 11.4 Å². The van der Waals surface area contributed by atoms with E-state index in [0.29, 0.717) is 5.56 Å². The molecule has 0 fully saturated rings. The lowest BCUT2D eigenvalue weighted by Gasteiger charge is -2.10. The first-order chi connectivity index (χ1) is 20.9. The fourth-order valence-corrected chi connectivity index (χ4v) is 4.84. The van der Waals surface area contributed by atoms with Crippen molar-refractivity contribution >= 4 is 33.3 Å². The van der Waals surface area contributed by atoms with E-state index in [-0.39, 0.29) is 35.8 Å². The van der Waals surface area contributed by atoms with Crippen LogP contribution < -0.4 is 5.32 Å². The molecule has 0 spiro atoms. The zero-order chi connectivity index (χ0) is 29.7. The van der Waals surface area contributed by atoms with Crippen LogP contribution in [0.5, 0.6) is 0 Å². The third-order valence-corrected chi connectivity index (χ3v) is 6.78. The molecule has 0 unspecified atom stereocenters. The number of benzene rings is 6. The molecule has 0 amide bonds. The van der Waals surface area contributed by atoms with Gasteiger partial charge in [0.25, 0.3) is 0 Å². The van der Waals surface area contributed by atoms with Crippen molar-refractivity contribution in [2.45, 2.75) is 0 Å². The third-order valence-electron chi connectivity index (χ3n) is 6.78. The summed E-state index contributed by atoms with van der Waals surface area (Å²) in [5.41, 5.74) is 8.59. The van der Waals surface area contributed by atoms with Crippen molar-refractivity contribution in [3.63, 3.8) is 0 Å². The highest BCUT2D eigenvalue weighted by Crippen LogP contribution is 2.36. The molecule has 0 aliphatic heterocycles. The lowest BCUT2D eigenvalue weighted by atomic mass is 10.0. The summed E-state index contributed by atoms with van der Waals surface area (Å²) in [4.78, 5) is 0. The van der Waals surface area contributed by atoms with E-state index >= 15 is 0 Å². The summed E-state index contributed by atoms with van der Waals surface area (Å²) in [6.07, 6.45) is 0. The Morgan fingerprint density at radius 2 is 1.03 bits per heavy atom. The minimum absolute atomic E-state index is 0.200. The largest absolute Gasteiger partial charge is 0.455 e. The Labute approximate surface area is 228 Å². The number of para-hydroxylation sites is 2. The minimum Gasteiger partial charge on any atom is -0.455 e. The summed E-state index contributed by atoms with van der Waals surface area (Å²) in [6.45, 7) is 0. The van der Waals surface area contributed by atoms with Crippen LogP contribution in [0.1, 0.15) is 6.85 Å². The molecule has 0 saturated heterocycles. The first-order valence-corrected chi connectivity index (χ1v) is 12.4. The van der Waals surface area contributed by atoms with Gasteiger partial charge in [-0.3, -0.25) is 0 Å². The van der Waals surface area contributed by atoms with Gasteiger partial charge in [-0.05, 0) is 58.1 Å². The van der Waals surface area contributed by atoms with Gasteiger partial charge in [0.15, 0.2) is 0 Å². The van der Waals surface area contributed by atoms with Gasteiger partial charge in [0, 0.05) is 27.7 Å². The fourth-order valence-electron chi connectivity index (χ4n) is 4.84. The summed E-state index contributed by atoms with van der Waals surface area (Å²) in [6, 6.07) is 36.7. The molecule has 0 saturated carbocycles. The number of hydrogen-bond acceptors (Lipinski definition) is 2. The number of anilines is 2. The highest BCUT2D eigenvalue weighted by atomic mass is 16.3. The molecule has 1 aromatic heterocycles. The molecule has 7 aromatic rings. The molecule has 0 aliphatic rings. The first-order valence-electron chi connectivity index (χ1n) is 14.9. The molecule has 0 bridgehead atoms. The topological polar surface area (TPSA) is 25.2 Å². The number of rotatable bonds is 5. The van der Waals surface area contributed by atoms with E-state index in [1.807, 2.05) is 54.6 Å². The summed E-state index contributed by atoms with van der Waals surface area (Å²) < 4.78 is 46.4. The van der Waals surface area contributed by atoms with E-state index in [0.717, 1.165) is 55.6 Å². The van der Waals surface area contributed by atoms with Crippen LogP contribution in [-0.4, -0.2) is 0 Å². The molecule has 1 heterocycles. The highest BCUT2D eigenvalue weighted by Gasteiger charge is 2.11. The van der Waals surface area contributed by atoms with E-state index in [9.17, 15) is 0 Å². The Bertz CT molecular complexity index is 2100. The van der Waals surface area contributed by atoms with Gasteiger partial charge in [0.2, 0.25) is 0 Å². The number of nitrogens with one attached hydrogen (secondary N) is 1. The van der Waals surface area contributed by atoms with Crippen molar-refractivity contribution in [2.24, 2.45) is 0 Å². The summed E-state index contributed by atoms with van der Waals surface area (Å²) in [5, 5.41) is 5.69. The normalized spacial score (nSPS) is 13.0. The van der Waals surface area contributed by atoms with Crippen LogP contribution >= 0.6 is 0 Å². The molecular weight excluding hydrogens is 462 g/mol. The van der Waals surface area contributed by atoms with E-state index in [2.05, 4.69) is 53.8 Å². The molecule has 6 aromatic carbocycles. The van der Waals surface area contributed by atoms with E-state index < -0.39 is 0 Å². The second-order valence-electron chi connectivity index (χ2n) is 9.14. The zero-order valence-corrected chi connectivity index (χ0v) is 20.4. The zero-order valence-electron chi connectivity index (χ0n) is 25.4. The number of furan rings is 1. The molecule has 180 valence electrons. The lowest BCUT2D eigenvalue weighted by Crippen LogP contribution is -1.90. The Balaban J connectivity index is 1.09. The number of fused-ring (bicyclic) bond motifs is 3. The number of hydrogen-bond donors (Lipinski definition) is 1. The predicted octanol–water partition coefficient (Wildman–Crippen LogP) is 10.3. The SMILES string of the molecule is [2H]c1c([2H])c([2H])c(-c2ccc(-c3ccc(Nc4ccc(-c5cccc6c5oc5ccccc56)cc4)cc3)cc2)c([2H])c1[2H]. The molecule has 38 heavy (non-hydrogen) atoms. The molecule has 0 aliphatic carbocycles. The van der Waals surface area contributed by atoms with Crippen molar-refractivity contribution in [1.29, 1.82) is 0 Å². The van der Waals surface area contributed by atoms with Crippen LogP contribution in [0.3, 0.4) is 0 Å². The molecule has 2 heteroatoms. The highest BCUT2D eigenvalue weighted by molar-refractivity contribution is 6.09. The quantitative estimate of drug-likeness (QED) is 0.258. The van der Waals surface area contributed by atoms with E-state index in [1.54, 1.807) is 12.1 Å². The Morgan fingerprint density at radius 1 is 0.474 bits per heavy atom. The molecule has 7 rings (SSSR count). The van der Waals surface area contributed by atoms with Crippen LogP contribution in [0.2, 0.25) is 0 Å². The van der Waals surface area contributed by atoms with Crippen molar-refractivity contribution in [1.82, 2.24) is 0 Å². The van der Waals surface area contributed by atoms with Gasteiger partial charge in [-0.15, -0.1) is 0 Å². The Kier molecular flexibility index (Phi) is 4.31. The predicted molar refractivity (Wildman–Crippen MR) is 160 cm³/mol. The van der Waals surface area contributed by atoms with Crippen LogP contribution in [-0.2, 0) is 0 Å². The average Bonchev–Trinajstić information content (AvgIpc) is 3.43. The maximum absolute atomic E-state index is 8.23. The van der Waals surface area contributed by atoms with Gasteiger partial charge in [-0.1, -0.05) is 115 Å². The minimum atomic E-state index is -0.389. The van der Waals surface area contributed by atoms with E-state index in [1.165, 1.54) is 0 Å². The van der Waals surface area contributed by atoms with Gasteiger partial charge in [0.05, 0.1) is 6.85 Å². The molecule has 1 N–H and O–H groups in total. The van der Waals surface area contributed by atoms with Gasteiger partial charge >= 0.3 is 0 Å². The second-order valence-corrected chi connectivity index (χ2v) is 9.14. The fraction of sp³-hybridized carbons (Fsp3) is 0. The van der Waals surface area contributed by atoms with Gasteiger partial charge in [-0.2, -0.15) is 0 Å². The summed E-state index contributed by atoms with van der Waals surface area (Å²) in [5.74, 6) is 0. The second kappa shape index (κ2) is 9.42.